The Hall–Kier alpha value is -3.36. The number of ether oxygens (including phenoxy) is 2. The second-order valence-corrected chi connectivity index (χ2v) is 8.51. The van der Waals surface area contributed by atoms with Crippen molar-refractivity contribution < 1.29 is 23.9 Å². The third kappa shape index (κ3) is 5.53. The van der Waals surface area contributed by atoms with Gasteiger partial charge >= 0.3 is 5.97 Å². The average molecular weight is 487 g/mol. The third-order valence-electron chi connectivity index (χ3n) is 4.84. The van der Waals surface area contributed by atoms with Crippen LogP contribution in [0.3, 0.4) is 0 Å². The zero-order valence-electron chi connectivity index (χ0n) is 18.6. The zero-order valence-corrected chi connectivity index (χ0v) is 20.1. The first-order valence-electron chi connectivity index (χ1n) is 10.1. The van der Waals surface area contributed by atoms with Crippen LogP contribution >= 0.6 is 22.9 Å². The number of esters is 1. The quantitative estimate of drug-likeness (QED) is 0.417. The van der Waals surface area contributed by atoms with E-state index in [0.717, 1.165) is 16.9 Å². The highest BCUT2D eigenvalue weighted by molar-refractivity contribution is 7.19. The largest absolute Gasteiger partial charge is 0.497 e. The molecule has 172 valence electrons. The Kier molecular flexibility index (Phi) is 7.73. The van der Waals surface area contributed by atoms with E-state index in [0.29, 0.717) is 27.6 Å². The number of aryl methyl sites for hydroxylation is 1. The lowest BCUT2D eigenvalue weighted by molar-refractivity contribution is 0.0527. The van der Waals surface area contributed by atoms with Crippen molar-refractivity contribution in [1.82, 2.24) is 0 Å². The van der Waals surface area contributed by atoms with E-state index in [1.54, 1.807) is 56.3 Å². The third-order valence-corrected chi connectivity index (χ3v) is 6.45. The van der Waals surface area contributed by atoms with E-state index in [4.69, 9.17) is 21.1 Å². The van der Waals surface area contributed by atoms with E-state index in [-0.39, 0.29) is 22.0 Å². The topological polar surface area (TPSA) is 93.7 Å². The lowest BCUT2D eigenvalue weighted by Gasteiger charge is -2.08. The number of carbonyl (C=O) groups excluding carboxylic acids is 3. The molecule has 2 N–H and O–H groups in total. The Labute approximate surface area is 200 Å². The fourth-order valence-electron chi connectivity index (χ4n) is 3.04. The molecule has 3 aromatic rings. The van der Waals surface area contributed by atoms with Gasteiger partial charge in [0.15, 0.2) is 0 Å². The lowest BCUT2D eigenvalue weighted by Crippen LogP contribution is -2.15. The van der Waals surface area contributed by atoms with Crippen LogP contribution in [0.5, 0.6) is 5.75 Å². The van der Waals surface area contributed by atoms with Crippen LogP contribution in [0.4, 0.5) is 10.7 Å². The maximum absolute atomic E-state index is 13.0. The molecule has 0 saturated heterocycles. The van der Waals surface area contributed by atoms with Crippen molar-refractivity contribution in [3.05, 3.63) is 74.6 Å². The number of anilines is 2. The maximum Gasteiger partial charge on any atom is 0.341 e. The number of methoxy groups -OCH3 is 1. The molecule has 33 heavy (non-hydrogen) atoms. The molecule has 0 unspecified atom stereocenters. The van der Waals surface area contributed by atoms with Gasteiger partial charge in [-0.2, -0.15) is 0 Å². The molecule has 0 bridgehead atoms. The number of hydrogen-bond donors (Lipinski definition) is 2. The molecule has 0 saturated carbocycles. The van der Waals surface area contributed by atoms with Crippen molar-refractivity contribution in [3.8, 4) is 5.75 Å². The normalized spacial score (nSPS) is 10.5. The second kappa shape index (κ2) is 10.5. The Morgan fingerprint density at radius 3 is 2.30 bits per heavy atom. The summed E-state index contributed by atoms with van der Waals surface area (Å²) in [6.07, 6.45) is 0. The summed E-state index contributed by atoms with van der Waals surface area (Å²) >= 11 is 7.15. The standard InChI is InChI=1S/C24H23ClN2O5S/c1-5-32-24(30)19-14(3)20(22(29)26-16-9-6-13(2)18(25)12-16)33-23(19)27-21(28)15-7-10-17(31-4)11-8-15/h6-12H,5H2,1-4H3,(H,26,29)(H,27,28). The van der Waals surface area contributed by atoms with E-state index in [9.17, 15) is 14.4 Å². The molecule has 9 heteroatoms. The molecule has 0 aliphatic carbocycles. The van der Waals surface area contributed by atoms with Gasteiger partial charge in [0.05, 0.1) is 24.2 Å². The van der Waals surface area contributed by atoms with Gasteiger partial charge in [-0.05, 0) is 68.3 Å². The van der Waals surface area contributed by atoms with E-state index >= 15 is 0 Å². The maximum atomic E-state index is 13.0. The average Bonchev–Trinajstić information content (AvgIpc) is 3.12. The summed E-state index contributed by atoms with van der Waals surface area (Å²) in [6.45, 7) is 5.34. The summed E-state index contributed by atoms with van der Waals surface area (Å²) in [5, 5.41) is 6.28. The van der Waals surface area contributed by atoms with E-state index in [1.165, 1.54) is 7.11 Å². The Bertz CT molecular complexity index is 1200. The summed E-state index contributed by atoms with van der Waals surface area (Å²) < 4.78 is 10.3. The van der Waals surface area contributed by atoms with Crippen molar-refractivity contribution in [1.29, 1.82) is 0 Å². The smallest absolute Gasteiger partial charge is 0.341 e. The summed E-state index contributed by atoms with van der Waals surface area (Å²) in [5.41, 5.74) is 2.34. The van der Waals surface area contributed by atoms with Gasteiger partial charge in [-0.1, -0.05) is 17.7 Å². The lowest BCUT2D eigenvalue weighted by atomic mass is 10.1. The number of carbonyl (C=O) groups is 3. The van der Waals surface area contributed by atoms with Gasteiger partial charge in [0.25, 0.3) is 11.8 Å². The van der Waals surface area contributed by atoms with Crippen LogP contribution in [0, 0.1) is 13.8 Å². The van der Waals surface area contributed by atoms with Crippen molar-refractivity contribution in [3.63, 3.8) is 0 Å². The Morgan fingerprint density at radius 2 is 1.70 bits per heavy atom. The molecule has 2 amide bonds. The first-order chi connectivity index (χ1) is 15.7. The number of hydrogen-bond acceptors (Lipinski definition) is 6. The second-order valence-electron chi connectivity index (χ2n) is 7.08. The highest BCUT2D eigenvalue weighted by Crippen LogP contribution is 2.35. The predicted octanol–water partition coefficient (Wildman–Crippen LogP) is 5.71. The van der Waals surface area contributed by atoms with Gasteiger partial charge in [-0.15, -0.1) is 11.3 Å². The van der Waals surface area contributed by atoms with E-state index < -0.39 is 17.8 Å². The van der Waals surface area contributed by atoms with Crippen LogP contribution < -0.4 is 15.4 Å². The van der Waals surface area contributed by atoms with Crippen LogP contribution in [-0.2, 0) is 4.74 Å². The van der Waals surface area contributed by atoms with Gasteiger partial charge in [-0.3, -0.25) is 9.59 Å². The van der Waals surface area contributed by atoms with Gasteiger partial charge in [0.1, 0.15) is 10.8 Å². The molecule has 0 spiro atoms. The Morgan fingerprint density at radius 1 is 1.00 bits per heavy atom. The number of rotatable bonds is 7. The minimum atomic E-state index is -0.617. The van der Waals surface area contributed by atoms with Crippen molar-refractivity contribution in [2.75, 3.05) is 24.4 Å². The molecule has 7 nitrogen and oxygen atoms in total. The molecule has 0 atom stereocenters. The number of nitrogens with one attached hydrogen (secondary N) is 2. The van der Waals surface area contributed by atoms with Crippen LogP contribution in [0.1, 0.15) is 48.4 Å². The van der Waals surface area contributed by atoms with Crippen LogP contribution in [0.2, 0.25) is 5.02 Å². The monoisotopic (exact) mass is 486 g/mol. The minimum absolute atomic E-state index is 0.149. The molecular formula is C24H23ClN2O5S. The summed E-state index contributed by atoms with van der Waals surface area (Å²) in [5.74, 6) is -0.857. The van der Waals surface area contributed by atoms with Crippen molar-refractivity contribution in [2.24, 2.45) is 0 Å². The molecule has 0 fully saturated rings. The number of amides is 2. The summed E-state index contributed by atoms with van der Waals surface area (Å²) in [4.78, 5) is 38.7. The highest BCUT2D eigenvalue weighted by atomic mass is 35.5. The van der Waals surface area contributed by atoms with Crippen LogP contribution in [0.25, 0.3) is 0 Å². The summed E-state index contributed by atoms with van der Waals surface area (Å²) in [6, 6.07) is 11.7. The van der Waals surface area contributed by atoms with E-state index in [1.807, 2.05) is 6.92 Å². The first-order valence-corrected chi connectivity index (χ1v) is 11.3. The molecule has 1 heterocycles. The fourth-order valence-corrected chi connectivity index (χ4v) is 4.31. The highest BCUT2D eigenvalue weighted by Gasteiger charge is 2.27. The minimum Gasteiger partial charge on any atom is -0.497 e. The van der Waals surface area contributed by atoms with E-state index in [2.05, 4.69) is 10.6 Å². The van der Waals surface area contributed by atoms with Crippen molar-refractivity contribution in [2.45, 2.75) is 20.8 Å². The molecule has 2 aromatic carbocycles. The number of halogens is 1. The molecule has 3 rings (SSSR count). The van der Waals surface area contributed by atoms with Gasteiger partial charge in [0, 0.05) is 16.3 Å². The SMILES string of the molecule is CCOC(=O)c1c(NC(=O)c2ccc(OC)cc2)sc(C(=O)Nc2ccc(C)c(Cl)c2)c1C. The van der Waals surface area contributed by atoms with Gasteiger partial charge in [-0.25, -0.2) is 4.79 Å². The molecule has 0 radical (unpaired) electrons. The fraction of sp³-hybridized carbons (Fsp3) is 0.208. The Balaban J connectivity index is 1.92. The molecule has 0 aliphatic heterocycles. The number of thiophene rings is 1. The predicted molar refractivity (Wildman–Crippen MR) is 130 cm³/mol. The van der Waals surface area contributed by atoms with Gasteiger partial charge in [0.2, 0.25) is 0 Å². The molecule has 0 aliphatic rings. The molecular weight excluding hydrogens is 464 g/mol. The number of benzene rings is 2. The summed E-state index contributed by atoms with van der Waals surface area (Å²) in [7, 11) is 1.53. The van der Waals surface area contributed by atoms with Crippen LogP contribution in [0.15, 0.2) is 42.5 Å². The zero-order chi connectivity index (χ0) is 24.1. The first kappa shape index (κ1) is 24.3. The van der Waals surface area contributed by atoms with Gasteiger partial charge < -0.3 is 20.1 Å². The van der Waals surface area contributed by atoms with Crippen molar-refractivity contribution >= 4 is 51.4 Å². The molecule has 1 aromatic heterocycles. The van der Waals surface area contributed by atoms with Crippen LogP contribution in [-0.4, -0.2) is 31.5 Å².